The Hall–Kier alpha value is -4.11. The molecule has 41 heavy (non-hydrogen) atoms. The van der Waals surface area contributed by atoms with E-state index in [1.165, 1.54) is 23.9 Å². The molecule has 4 rings (SSSR count). The Kier molecular flexibility index (Phi) is 7.11. The maximum Gasteiger partial charge on any atom is 0.405 e. The van der Waals surface area contributed by atoms with Crippen LogP contribution in [0.3, 0.4) is 0 Å². The van der Waals surface area contributed by atoms with Crippen LogP contribution in [0.5, 0.6) is 5.75 Å². The molecule has 0 unspecified atom stereocenters. The Labute approximate surface area is 231 Å². The third kappa shape index (κ3) is 4.48. The van der Waals surface area contributed by atoms with Crippen LogP contribution in [-0.4, -0.2) is 101 Å². The molecule has 0 saturated heterocycles. The minimum absolute atomic E-state index is 0.0555. The van der Waals surface area contributed by atoms with Crippen molar-refractivity contribution >= 4 is 29.1 Å². The normalized spacial score (nSPS) is 26.0. The van der Waals surface area contributed by atoms with E-state index in [1.807, 2.05) is 0 Å². The lowest BCUT2D eigenvalue weighted by Gasteiger charge is -2.50. The number of amides is 2. The number of benzene rings is 1. The van der Waals surface area contributed by atoms with Crippen LogP contribution in [0, 0.1) is 11.8 Å². The Morgan fingerprint density at radius 3 is 2.27 bits per heavy atom. The number of hydrogen-bond donors (Lipinski definition) is 6. The number of ketones is 2. The van der Waals surface area contributed by atoms with Crippen molar-refractivity contribution in [3.05, 3.63) is 45.4 Å². The number of likely N-dealkylation sites (N-methyl/N-ethyl adjacent to an activating group) is 1. The summed E-state index contributed by atoms with van der Waals surface area (Å²) in [6.45, 7) is -1.70. The second-order valence-corrected chi connectivity index (χ2v) is 10.8. The van der Waals surface area contributed by atoms with Gasteiger partial charge in [-0.3, -0.25) is 24.1 Å². The summed E-state index contributed by atoms with van der Waals surface area (Å²) in [5, 5.41) is 46.4. The summed E-state index contributed by atoms with van der Waals surface area (Å²) in [7, 11) is 6.10. The van der Waals surface area contributed by atoms with Crippen molar-refractivity contribution < 1.29 is 52.8 Å². The molecule has 3 aliphatic carbocycles. The van der Waals surface area contributed by atoms with Gasteiger partial charge in [-0.25, -0.2) is 0 Å². The molecule has 0 bridgehead atoms. The predicted octanol–water partition coefficient (Wildman–Crippen LogP) is 0.479. The van der Waals surface area contributed by atoms with E-state index >= 15 is 0 Å². The summed E-state index contributed by atoms with van der Waals surface area (Å²) in [6.07, 6.45) is -4.95. The third-order valence-electron chi connectivity index (χ3n) is 7.87. The van der Waals surface area contributed by atoms with E-state index in [-0.39, 0.29) is 24.1 Å². The number of phenolic OH excluding ortho intramolecular Hbond substituents is 1. The average molecular weight is 583 g/mol. The molecule has 0 radical (unpaired) electrons. The maximum atomic E-state index is 13.9. The number of rotatable bonds is 5. The van der Waals surface area contributed by atoms with Gasteiger partial charge in [0.15, 0.2) is 11.4 Å². The summed E-state index contributed by atoms with van der Waals surface area (Å²) in [5.41, 5.74) is 0.347. The van der Waals surface area contributed by atoms with E-state index in [4.69, 9.17) is 5.73 Å². The third-order valence-corrected chi connectivity index (χ3v) is 7.87. The number of fused-ring (bicyclic) bond motifs is 3. The summed E-state index contributed by atoms with van der Waals surface area (Å²) >= 11 is 0. The fourth-order valence-corrected chi connectivity index (χ4v) is 6.15. The molecule has 0 fully saturated rings. The number of primary amides is 1. The Morgan fingerprint density at radius 2 is 1.76 bits per heavy atom. The number of nitrogens with zero attached hydrogens (tertiary/aromatic N) is 2. The largest absolute Gasteiger partial charge is 0.510 e. The number of nitrogens with two attached hydrogens (primary N) is 1. The lowest BCUT2D eigenvalue weighted by atomic mass is 9.58. The molecule has 12 nitrogen and oxygen atoms in total. The van der Waals surface area contributed by atoms with Gasteiger partial charge < -0.3 is 36.4 Å². The van der Waals surface area contributed by atoms with Crippen LogP contribution < -0.4 is 16.0 Å². The van der Waals surface area contributed by atoms with Crippen molar-refractivity contribution in [3.8, 4) is 5.75 Å². The summed E-state index contributed by atoms with van der Waals surface area (Å²) in [5.74, 6) is -10.00. The highest BCUT2D eigenvalue weighted by molar-refractivity contribution is 6.25. The van der Waals surface area contributed by atoms with Crippen LogP contribution in [0.1, 0.15) is 32.7 Å². The quantitative estimate of drug-likeness (QED) is 0.266. The first-order valence-electron chi connectivity index (χ1n) is 12.4. The van der Waals surface area contributed by atoms with Crippen LogP contribution in [0.15, 0.2) is 28.7 Å². The minimum Gasteiger partial charge on any atom is -0.510 e. The van der Waals surface area contributed by atoms with Crippen molar-refractivity contribution in [3.63, 3.8) is 0 Å². The van der Waals surface area contributed by atoms with Gasteiger partial charge in [0, 0.05) is 31.3 Å². The number of aliphatic hydroxyl groups excluding tert-OH is 2. The zero-order valence-corrected chi connectivity index (χ0v) is 22.5. The van der Waals surface area contributed by atoms with E-state index in [0.717, 1.165) is 6.07 Å². The molecule has 0 aliphatic heterocycles. The number of phenols is 1. The molecule has 1 aromatic carbocycles. The predicted molar refractivity (Wildman–Crippen MR) is 136 cm³/mol. The SMILES string of the molecule is CN(C)c1cc(C(=O)NCC(F)(F)F)c(O)c2c1C[C@H]1C[C@H]3[C@H](N(C)C)C(O)=C(C(N)=O)C(=O)[C@@]3(O)C(O)=C1C2=O. The molecule has 0 spiro atoms. The highest BCUT2D eigenvalue weighted by Gasteiger charge is 2.63. The van der Waals surface area contributed by atoms with Gasteiger partial charge in [-0.15, -0.1) is 0 Å². The highest BCUT2D eigenvalue weighted by atomic mass is 19.4. The van der Waals surface area contributed by atoms with Crippen molar-refractivity contribution in [1.29, 1.82) is 0 Å². The minimum atomic E-state index is -4.75. The van der Waals surface area contributed by atoms with Gasteiger partial charge >= 0.3 is 6.18 Å². The molecular formula is C26H29F3N4O8. The molecular weight excluding hydrogens is 553 g/mol. The lowest BCUT2D eigenvalue weighted by molar-refractivity contribution is -0.148. The zero-order chi connectivity index (χ0) is 30.9. The second kappa shape index (κ2) is 9.76. The highest BCUT2D eigenvalue weighted by Crippen LogP contribution is 2.53. The van der Waals surface area contributed by atoms with E-state index < -0.39 is 99.1 Å². The first-order valence-corrected chi connectivity index (χ1v) is 12.4. The van der Waals surface area contributed by atoms with Crippen molar-refractivity contribution in [1.82, 2.24) is 10.2 Å². The van der Waals surface area contributed by atoms with E-state index in [2.05, 4.69) is 0 Å². The smallest absolute Gasteiger partial charge is 0.405 e. The molecule has 2 amide bonds. The maximum absolute atomic E-state index is 13.9. The van der Waals surface area contributed by atoms with Crippen LogP contribution in [-0.2, 0) is 16.0 Å². The Morgan fingerprint density at radius 1 is 1.15 bits per heavy atom. The number of Topliss-reactive ketones (excluding diaryl/α,β-unsaturated/α-hetero) is 2. The number of aromatic hydroxyl groups is 1. The lowest BCUT2D eigenvalue weighted by Crippen LogP contribution is -2.63. The monoisotopic (exact) mass is 582 g/mol. The topological polar surface area (TPSA) is 194 Å². The molecule has 0 heterocycles. The van der Waals surface area contributed by atoms with Crippen molar-refractivity contribution in [2.24, 2.45) is 17.6 Å². The number of carbonyl (C=O) groups excluding carboxylic acids is 4. The van der Waals surface area contributed by atoms with E-state index in [0.29, 0.717) is 0 Å². The number of nitrogens with one attached hydrogen (secondary N) is 1. The summed E-state index contributed by atoms with van der Waals surface area (Å²) in [4.78, 5) is 54.8. The molecule has 0 saturated carbocycles. The van der Waals surface area contributed by atoms with Crippen LogP contribution in [0.4, 0.5) is 18.9 Å². The number of alkyl halides is 3. The molecule has 7 N–H and O–H groups in total. The first-order chi connectivity index (χ1) is 18.8. The number of aliphatic hydroxyl groups is 3. The average Bonchev–Trinajstić information content (AvgIpc) is 2.83. The Bertz CT molecular complexity index is 1450. The van der Waals surface area contributed by atoms with Gasteiger partial charge in [0.2, 0.25) is 5.78 Å². The van der Waals surface area contributed by atoms with Crippen LogP contribution >= 0.6 is 0 Å². The fraction of sp³-hybridized carbons (Fsp3) is 0.462. The van der Waals surface area contributed by atoms with Gasteiger partial charge in [-0.05, 0) is 44.5 Å². The van der Waals surface area contributed by atoms with Crippen molar-refractivity contribution in [2.75, 3.05) is 39.6 Å². The van der Waals surface area contributed by atoms with Gasteiger partial charge in [-0.2, -0.15) is 13.2 Å². The molecule has 1 aromatic rings. The Balaban J connectivity index is 1.93. The second-order valence-electron chi connectivity index (χ2n) is 10.8. The number of anilines is 1. The van der Waals surface area contributed by atoms with Gasteiger partial charge in [-0.1, -0.05) is 0 Å². The fourth-order valence-electron chi connectivity index (χ4n) is 6.15. The summed E-state index contributed by atoms with van der Waals surface area (Å²) < 4.78 is 38.1. The standard InChI is InChI=1S/C26H29F3N4O8/c1-32(2)13-7-11(24(40)31-8-25(27,28)29)18(34)15-10(13)5-9-6-12-17(33(3)4)20(36)16(23(30)39)22(38)26(12,41)21(37)14(9)19(15)35/h7,9,12,17,34,36-37,41H,5-6,8H2,1-4H3,(H2,30,39)(H,31,40)/t9-,12-,17-,26-/m0/s1. The zero-order valence-electron chi connectivity index (χ0n) is 22.5. The number of carbonyl (C=O) groups is 4. The van der Waals surface area contributed by atoms with Crippen LogP contribution in [0.25, 0.3) is 0 Å². The van der Waals surface area contributed by atoms with Gasteiger partial charge in [0.25, 0.3) is 11.8 Å². The number of allylic oxidation sites excluding steroid dienone is 1. The first kappa shape index (κ1) is 29.9. The molecule has 0 aromatic heterocycles. The van der Waals surface area contributed by atoms with Crippen LogP contribution in [0.2, 0.25) is 0 Å². The molecule has 15 heteroatoms. The number of halogens is 3. The van der Waals surface area contributed by atoms with E-state index in [1.54, 1.807) is 19.4 Å². The van der Waals surface area contributed by atoms with Gasteiger partial charge in [0.05, 0.1) is 17.2 Å². The summed E-state index contributed by atoms with van der Waals surface area (Å²) in [6, 6.07) is -0.0248. The molecule has 222 valence electrons. The van der Waals surface area contributed by atoms with Crippen molar-refractivity contribution in [2.45, 2.75) is 30.7 Å². The van der Waals surface area contributed by atoms with Gasteiger partial charge in [0.1, 0.15) is 29.4 Å². The van der Waals surface area contributed by atoms with E-state index in [9.17, 15) is 52.8 Å². The molecule has 3 aliphatic rings. The molecule has 4 atom stereocenters. The number of hydrogen-bond acceptors (Lipinski definition) is 10.